The summed E-state index contributed by atoms with van der Waals surface area (Å²) in [4.78, 5) is 15.4. The average Bonchev–Trinajstić information content (AvgIpc) is 2.68. The molecule has 1 aliphatic heterocycles. The summed E-state index contributed by atoms with van der Waals surface area (Å²) in [7, 11) is 1.70. The first-order chi connectivity index (χ1) is 12.5. The van der Waals surface area contributed by atoms with Gasteiger partial charge in [-0.15, -0.1) is 0 Å². The van der Waals surface area contributed by atoms with Gasteiger partial charge in [0.15, 0.2) is 0 Å². The number of carbonyl (C=O) groups excluding carboxylic acids is 1. The summed E-state index contributed by atoms with van der Waals surface area (Å²) in [6, 6.07) is 7.18. The second kappa shape index (κ2) is 8.08. The number of nitrogens with one attached hydrogen (secondary N) is 1. The van der Waals surface area contributed by atoms with Crippen LogP contribution in [0.15, 0.2) is 24.3 Å². The molecule has 4 heteroatoms. The SMILES string of the molecule is CNC(=O)C1(c2ccc(F)cc2)CCN(C2CCC(C(C)C)CC2)CC1. The van der Waals surface area contributed by atoms with E-state index < -0.39 is 5.41 Å². The third-order valence-corrected chi connectivity index (χ3v) is 6.91. The molecular weight excluding hydrogens is 327 g/mol. The van der Waals surface area contributed by atoms with Crippen molar-refractivity contribution in [2.45, 2.75) is 63.8 Å². The highest BCUT2D eigenvalue weighted by Gasteiger charge is 2.43. The van der Waals surface area contributed by atoms with Gasteiger partial charge in [-0.2, -0.15) is 0 Å². The standard InChI is InChI=1S/C22H33FN2O/c1-16(2)17-4-10-20(11-5-17)25-14-12-22(13-15-25,21(26)24-3)18-6-8-19(23)9-7-18/h6-9,16-17,20H,4-5,10-15H2,1-3H3,(H,24,26). The lowest BCUT2D eigenvalue weighted by Gasteiger charge is -2.45. The smallest absolute Gasteiger partial charge is 0.230 e. The summed E-state index contributed by atoms with van der Waals surface area (Å²) in [6.45, 7) is 6.57. The molecule has 0 spiro atoms. The minimum absolute atomic E-state index is 0.0623. The van der Waals surface area contributed by atoms with Crippen molar-refractivity contribution in [2.75, 3.05) is 20.1 Å². The van der Waals surface area contributed by atoms with Crippen LogP contribution in [0.3, 0.4) is 0 Å². The average molecular weight is 361 g/mol. The van der Waals surface area contributed by atoms with Crippen LogP contribution in [-0.4, -0.2) is 37.0 Å². The number of benzene rings is 1. The van der Waals surface area contributed by atoms with Gasteiger partial charge in [0.2, 0.25) is 5.91 Å². The molecular formula is C22H33FN2O. The Labute approximate surface area is 157 Å². The zero-order valence-corrected chi connectivity index (χ0v) is 16.4. The van der Waals surface area contributed by atoms with Gasteiger partial charge >= 0.3 is 0 Å². The Kier molecular flexibility index (Phi) is 6.01. The van der Waals surface area contributed by atoms with Gasteiger partial charge in [-0.05, 0) is 81.1 Å². The highest BCUT2D eigenvalue weighted by molar-refractivity contribution is 5.88. The van der Waals surface area contributed by atoms with Crippen molar-refractivity contribution in [1.82, 2.24) is 10.2 Å². The third-order valence-electron chi connectivity index (χ3n) is 6.91. The van der Waals surface area contributed by atoms with Crippen LogP contribution < -0.4 is 5.32 Å². The third kappa shape index (κ3) is 3.80. The normalized spacial score (nSPS) is 26.7. The van der Waals surface area contributed by atoms with Gasteiger partial charge in [0, 0.05) is 13.1 Å². The number of carbonyl (C=O) groups is 1. The minimum atomic E-state index is -0.520. The Hall–Kier alpha value is -1.42. The van der Waals surface area contributed by atoms with Crippen LogP contribution in [-0.2, 0) is 10.2 Å². The lowest BCUT2D eigenvalue weighted by molar-refractivity contribution is -0.128. The topological polar surface area (TPSA) is 32.3 Å². The molecule has 1 aromatic carbocycles. The summed E-state index contributed by atoms with van der Waals surface area (Å²) in [5.74, 6) is 1.48. The van der Waals surface area contributed by atoms with E-state index in [0.29, 0.717) is 6.04 Å². The molecule has 0 radical (unpaired) electrons. The van der Waals surface area contributed by atoms with E-state index in [2.05, 4.69) is 24.1 Å². The molecule has 1 saturated heterocycles. The molecule has 144 valence electrons. The maximum atomic E-state index is 13.3. The number of hydrogen-bond acceptors (Lipinski definition) is 2. The summed E-state index contributed by atoms with van der Waals surface area (Å²) in [5, 5.41) is 2.85. The van der Waals surface area contributed by atoms with Crippen molar-refractivity contribution < 1.29 is 9.18 Å². The highest BCUT2D eigenvalue weighted by atomic mass is 19.1. The number of hydrogen-bond donors (Lipinski definition) is 1. The monoisotopic (exact) mass is 360 g/mol. The van der Waals surface area contributed by atoms with Crippen molar-refractivity contribution in [3.8, 4) is 0 Å². The number of halogens is 1. The van der Waals surface area contributed by atoms with Crippen LogP contribution in [0.2, 0.25) is 0 Å². The summed E-state index contributed by atoms with van der Waals surface area (Å²) in [5.41, 5.74) is 0.426. The maximum absolute atomic E-state index is 13.3. The van der Waals surface area contributed by atoms with Gasteiger partial charge in [0.25, 0.3) is 0 Å². The van der Waals surface area contributed by atoms with E-state index in [1.165, 1.54) is 37.8 Å². The van der Waals surface area contributed by atoms with Crippen LogP contribution in [0.1, 0.15) is 57.9 Å². The van der Waals surface area contributed by atoms with Gasteiger partial charge in [0.05, 0.1) is 5.41 Å². The first kappa shape index (κ1) is 19.3. The van der Waals surface area contributed by atoms with Crippen LogP contribution >= 0.6 is 0 Å². The molecule has 1 heterocycles. The Balaban J connectivity index is 1.68. The van der Waals surface area contributed by atoms with Crippen LogP contribution in [0, 0.1) is 17.7 Å². The molecule has 1 aromatic rings. The molecule has 2 fully saturated rings. The van der Waals surface area contributed by atoms with Crippen molar-refractivity contribution in [2.24, 2.45) is 11.8 Å². The molecule has 3 nitrogen and oxygen atoms in total. The fraction of sp³-hybridized carbons (Fsp3) is 0.682. The number of piperidine rings is 1. The Morgan fingerprint density at radius 1 is 1.12 bits per heavy atom. The van der Waals surface area contributed by atoms with E-state index in [4.69, 9.17) is 0 Å². The van der Waals surface area contributed by atoms with Crippen LogP contribution in [0.25, 0.3) is 0 Å². The van der Waals surface area contributed by atoms with E-state index in [9.17, 15) is 9.18 Å². The van der Waals surface area contributed by atoms with Crippen LogP contribution in [0.5, 0.6) is 0 Å². The molecule has 2 aliphatic rings. The molecule has 1 saturated carbocycles. The maximum Gasteiger partial charge on any atom is 0.230 e. The largest absolute Gasteiger partial charge is 0.358 e. The quantitative estimate of drug-likeness (QED) is 0.876. The van der Waals surface area contributed by atoms with Gasteiger partial charge in [-0.25, -0.2) is 4.39 Å². The van der Waals surface area contributed by atoms with E-state index >= 15 is 0 Å². The lowest BCUT2D eigenvalue weighted by atomic mass is 9.71. The molecule has 3 rings (SSSR count). The number of amides is 1. The zero-order chi connectivity index (χ0) is 18.7. The fourth-order valence-electron chi connectivity index (χ4n) is 5.06. The van der Waals surface area contributed by atoms with Crippen molar-refractivity contribution in [3.63, 3.8) is 0 Å². The Bertz CT molecular complexity index is 597. The number of nitrogens with zero attached hydrogens (tertiary/aromatic N) is 1. The van der Waals surface area contributed by atoms with Crippen molar-refractivity contribution in [1.29, 1.82) is 0 Å². The van der Waals surface area contributed by atoms with Crippen molar-refractivity contribution >= 4 is 5.91 Å². The number of likely N-dealkylation sites (N-methyl/N-ethyl adjacent to an activating group) is 1. The first-order valence-corrected chi connectivity index (χ1v) is 10.2. The minimum Gasteiger partial charge on any atom is -0.358 e. The molecule has 1 N–H and O–H groups in total. The second-order valence-corrected chi connectivity index (χ2v) is 8.52. The molecule has 0 unspecified atom stereocenters. The molecule has 1 aliphatic carbocycles. The number of likely N-dealkylation sites (tertiary alicyclic amines) is 1. The van der Waals surface area contributed by atoms with Gasteiger partial charge < -0.3 is 10.2 Å². The van der Waals surface area contributed by atoms with E-state index in [1.54, 1.807) is 19.2 Å². The summed E-state index contributed by atoms with van der Waals surface area (Å²) in [6.07, 6.45) is 6.85. The van der Waals surface area contributed by atoms with Gasteiger partial charge in [-0.3, -0.25) is 4.79 Å². The van der Waals surface area contributed by atoms with E-state index in [1.807, 2.05) is 0 Å². The predicted molar refractivity (Wildman–Crippen MR) is 104 cm³/mol. The fourth-order valence-corrected chi connectivity index (χ4v) is 5.06. The lowest BCUT2D eigenvalue weighted by Crippen LogP contribution is -2.53. The van der Waals surface area contributed by atoms with Crippen molar-refractivity contribution in [3.05, 3.63) is 35.6 Å². The van der Waals surface area contributed by atoms with Gasteiger partial charge in [-0.1, -0.05) is 26.0 Å². The van der Waals surface area contributed by atoms with E-state index in [-0.39, 0.29) is 11.7 Å². The van der Waals surface area contributed by atoms with Gasteiger partial charge in [0.1, 0.15) is 5.82 Å². The Morgan fingerprint density at radius 2 is 1.69 bits per heavy atom. The number of rotatable bonds is 4. The molecule has 0 bridgehead atoms. The molecule has 1 amide bonds. The molecule has 0 atom stereocenters. The predicted octanol–water partition coefficient (Wildman–Crippen LogP) is 4.12. The van der Waals surface area contributed by atoms with Crippen LogP contribution in [0.4, 0.5) is 4.39 Å². The van der Waals surface area contributed by atoms with E-state index in [0.717, 1.165) is 43.3 Å². The molecule has 0 aromatic heterocycles. The Morgan fingerprint density at radius 3 is 2.19 bits per heavy atom. The second-order valence-electron chi connectivity index (χ2n) is 8.52. The zero-order valence-electron chi connectivity index (χ0n) is 16.4. The highest BCUT2D eigenvalue weighted by Crippen LogP contribution is 2.39. The summed E-state index contributed by atoms with van der Waals surface area (Å²) >= 11 is 0. The molecule has 26 heavy (non-hydrogen) atoms. The summed E-state index contributed by atoms with van der Waals surface area (Å²) < 4.78 is 13.3. The first-order valence-electron chi connectivity index (χ1n) is 10.2.